The second-order valence-corrected chi connectivity index (χ2v) is 22.7. The van der Waals surface area contributed by atoms with Gasteiger partial charge in [0, 0.05) is 36.3 Å². The van der Waals surface area contributed by atoms with E-state index in [1.54, 1.807) is 44.2 Å². The lowest BCUT2D eigenvalue weighted by atomic mass is 10.0. The monoisotopic (exact) mass is 1150 g/mol. The summed E-state index contributed by atoms with van der Waals surface area (Å²) in [6, 6.07) is 18.0. The van der Waals surface area contributed by atoms with Gasteiger partial charge in [-0.15, -0.1) is 21.5 Å². The minimum Gasteiger partial charge on any atom is -0.491 e. The molecule has 0 fully saturated rings. The van der Waals surface area contributed by atoms with Crippen LogP contribution in [0.4, 0.5) is 41.6 Å². The zero-order valence-corrected chi connectivity index (χ0v) is 48.1. The van der Waals surface area contributed by atoms with Gasteiger partial charge in [0.25, 0.3) is 0 Å². The van der Waals surface area contributed by atoms with Gasteiger partial charge in [-0.3, -0.25) is 9.59 Å². The van der Waals surface area contributed by atoms with Crippen molar-refractivity contribution in [3.63, 3.8) is 0 Å². The molecule has 81 heavy (non-hydrogen) atoms. The number of nitrogens with zero attached hydrogens (tertiary/aromatic N) is 7. The summed E-state index contributed by atoms with van der Waals surface area (Å²) in [7, 11) is 7.54. The van der Waals surface area contributed by atoms with Crippen molar-refractivity contribution in [1.82, 2.24) is 35.7 Å². The zero-order valence-electron chi connectivity index (χ0n) is 46.5. The number of hydrogen-bond acceptors (Lipinski definition) is 17. The fourth-order valence-electron chi connectivity index (χ4n) is 8.02. The number of ether oxygens (including phenoxy) is 2. The Balaban J connectivity index is 0.994. The number of benzene rings is 3. The molecule has 3 heterocycles. The molecule has 0 bridgehead atoms. The Hall–Kier alpha value is -8.02. The number of likely N-dealkylation sites (N-methyl/N-ethyl adjacent to an activating group) is 1. The summed E-state index contributed by atoms with van der Waals surface area (Å²) in [6.07, 6.45) is 1.02. The molecule has 3 atom stereocenters. The van der Waals surface area contributed by atoms with Crippen LogP contribution in [0.1, 0.15) is 78.0 Å². The number of nitrogens with two attached hydrogens (primary N) is 2. The van der Waals surface area contributed by atoms with E-state index in [1.165, 1.54) is 46.8 Å². The second kappa shape index (κ2) is 29.4. The highest BCUT2D eigenvalue weighted by atomic mass is 32.1. The summed E-state index contributed by atoms with van der Waals surface area (Å²) in [4.78, 5) is 75.1. The Labute approximate surface area is 478 Å². The van der Waals surface area contributed by atoms with Gasteiger partial charge in [-0.1, -0.05) is 61.3 Å². The fraction of sp³-hybridized carbons (Fsp3) is 0.411. The number of primary amides is 1. The molecule has 3 aromatic carbocycles. The number of carboxylic acid groups (broad SMARTS) is 1. The third kappa shape index (κ3) is 19.3. The molecule has 22 nitrogen and oxygen atoms in total. The fourth-order valence-corrected chi connectivity index (χ4v) is 10.0. The number of aryl methyl sites for hydroxylation is 2. The predicted octanol–water partition coefficient (Wildman–Crippen LogP) is 6.90. The molecule has 5 amide bonds. The number of urea groups is 1. The van der Waals surface area contributed by atoms with Crippen LogP contribution in [0.15, 0.2) is 72.8 Å². The number of hydrogen-bond donors (Lipinski definition) is 8. The molecule has 25 heteroatoms. The Bertz CT molecular complexity index is 3160. The summed E-state index contributed by atoms with van der Waals surface area (Å²) < 4.78 is 28.1. The molecule has 6 rings (SSSR count). The van der Waals surface area contributed by atoms with Crippen LogP contribution in [-0.2, 0) is 27.4 Å². The molecule has 0 saturated carbocycles. The van der Waals surface area contributed by atoms with Gasteiger partial charge in [0.2, 0.25) is 11.8 Å². The number of para-hydroxylation sites is 1. The van der Waals surface area contributed by atoms with Gasteiger partial charge in [0.15, 0.2) is 39.2 Å². The minimum absolute atomic E-state index is 0.0137. The Kier molecular flexibility index (Phi) is 22.6. The van der Waals surface area contributed by atoms with Crippen molar-refractivity contribution in [2.75, 3.05) is 76.5 Å². The molecule has 0 aliphatic heterocycles. The average molecular weight is 1150 g/mol. The van der Waals surface area contributed by atoms with E-state index in [2.05, 4.69) is 53.3 Å². The molecular weight excluding hydrogens is 1080 g/mol. The topological polar surface area (TPSA) is 302 Å². The van der Waals surface area contributed by atoms with Crippen LogP contribution in [0.25, 0.3) is 10.2 Å². The van der Waals surface area contributed by atoms with Gasteiger partial charge in [0.05, 0.1) is 50.6 Å². The smallest absolute Gasteiger partial charge is 0.410 e. The third-order valence-electron chi connectivity index (χ3n) is 12.4. The van der Waals surface area contributed by atoms with Crippen molar-refractivity contribution in [3.8, 4) is 17.6 Å². The van der Waals surface area contributed by atoms with Crippen molar-refractivity contribution in [2.45, 2.75) is 84.1 Å². The number of rotatable bonds is 28. The molecule has 0 saturated heterocycles. The van der Waals surface area contributed by atoms with Crippen LogP contribution in [0.5, 0.6) is 5.75 Å². The maximum Gasteiger partial charge on any atom is 0.410 e. The van der Waals surface area contributed by atoms with Gasteiger partial charge in [-0.05, 0) is 111 Å². The largest absolute Gasteiger partial charge is 0.491 e. The second-order valence-electron chi connectivity index (χ2n) is 20.6. The maximum atomic E-state index is 15.3. The number of aromatic carboxylic acids is 1. The summed E-state index contributed by atoms with van der Waals surface area (Å²) in [5, 5.41) is 42.4. The normalized spacial score (nSPS) is 12.4. The number of quaternary nitrogens is 1. The van der Waals surface area contributed by atoms with Crippen molar-refractivity contribution in [2.24, 2.45) is 17.4 Å². The lowest BCUT2D eigenvalue weighted by Crippen LogP contribution is -2.51. The molecule has 0 aliphatic rings. The van der Waals surface area contributed by atoms with E-state index in [9.17, 15) is 34.2 Å². The quantitative estimate of drug-likeness (QED) is 0.0141. The number of aromatic nitrogens is 4. The highest BCUT2D eigenvalue weighted by Crippen LogP contribution is 2.35. The molecule has 10 N–H and O–H groups in total. The summed E-state index contributed by atoms with van der Waals surface area (Å²) in [5.74, 6) is 3.68. The van der Waals surface area contributed by atoms with Crippen molar-refractivity contribution < 1.29 is 52.5 Å². The van der Waals surface area contributed by atoms with Crippen molar-refractivity contribution in [1.29, 1.82) is 0 Å². The predicted molar refractivity (Wildman–Crippen MR) is 310 cm³/mol. The maximum absolute atomic E-state index is 15.3. The Morgan fingerprint density at radius 2 is 1.68 bits per heavy atom. The molecule has 3 aromatic heterocycles. The number of thiazole rings is 2. The van der Waals surface area contributed by atoms with E-state index >= 15 is 4.39 Å². The molecule has 6 aromatic rings. The SMILES string of the molecule is Cc1cc(N(CCCC(O)C[N+](C)(C)C)c2nc(C(=O)O)c(CCCOc3ccc(C#CCN(C)C(=O)OCc4ccc(NC(=O)C(CCCNC(N)=O)NC(=O)C(N)C(C)C)cc4)cc3F)s2)nnc1Nc1nc2ccccc2s1. The van der Waals surface area contributed by atoms with Crippen LogP contribution >= 0.6 is 22.7 Å². The first-order valence-electron chi connectivity index (χ1n) is 26.3. The van der Waals surface area contributed by atoms with Gasteiger partial charge < -0.3 is 66.7 Å². The van der Waals surface area contributed by atoms with E-state index in [1.807, 2.05) is 63.3 Å². The number of aliphatic hydroxyl groups excluding tert-OH is 1. The molecule has 432 valence electrons. The number of carbonyl (C=O) groups is 5. The summed E-state index contributed by atoms with van der Waals surface area (Å²) in [5.41, 5.74) is 14.1. The van der Waals surface area contributed by atoms with Crippen molar-refractivity contribution in [3.05, 3.63) is 106 Å². The number of amides is 5. The number of carboxylic acids is 1. The number of aliphatic hydroxyl groups is 1. The van der Waals surface area contributed by atoms with E-state index in [4.69, 9.17) is 20.9 Å². The first kappa shape index (κ1) is 62.2. The average Bonchev–Trinajstić information content (AvgIpc) is 4.05. The Morgan fingerprint density at radius 1 is 0.926 bits per heavy atom. The number of fused-ring (bicyclic) bond motifs is 1. The van der Waals surface area contributed by atoms with Crippen LogP contribution in [0, 0.1) is 30.5 Å². The number of carbonyl (C=O) groups excluding carboxylic acids is 4. The number of anilines is 5. The lowest BCUT2D eigenvalue weighted by Gasteiger charge is -2.27. The van der Waals surface area contributed by atoms with E-state index in [0.717, 1.165) is 15.8 Å². The van der Waals surface area contributed by atoms with E-state index < -0.39 is 53.9 Å². The van der Waals surface area contributed by atoms with Gasteiger partial charge in [-0.2, -0.15) is 0 Å². The summed E-state index contributed by atoms with van der Waals surface area (Å²) >= 11 is 2.71. The minimum atomic E-state index is -1.20. The lowest BCUT2D eigenvalue weighted by molar-refractivity contribution is -0.873. The molecular formula is C56H71FN13O9S2+. The number of nitrogens with one attached hydrogen (secondary N) is 4. The zero-order chi connectivity index (χ0) is 58.8. The standard InChI is InChI=1S/C56H70FN13O9S2/c1-34(2)47(58)51(73)62-42(17-10-26-60-53(59)76)50(72)61-38-23-20-37(21-24-38)33-79-56(77)68(4)27-11-14-36-22-25-43(40(57)31-36)78-29-13-19-45-48(52(74)75)64-55(81-45)69(28-12-15-39(71)32-70(5,6)7)46-30-35(3)49(67-66-46)65-54-63-41-16-8-9-18-44(41)80-54/h8-9,16,18,20-25,30-31,34,39,42,47,71H,10,12-13,15,17,19,26-29,32-33,58H2,1-7H3,(H6-,59,60,61,62,63,65,67,72,73,74,75,76)/p+1. The van der Waals surface area contributed by atoms with Gasteiger partial charge in [-0.25, -0.2) is 28.7 Å². The van der Waals surface area contributed by atoms with E-state index in [0.29, 0.717) is 86.8 Å². The van der Waals surface area contributed by atoms with Crippen LogP contribution in [-0.4, -0.2) is 149 Å². The number of halogens is 1. The van der Waals surface area contributed by atoms with Gasteiger partial charge in [0.1, 0.15) is 25.3 Å². The van der Waals surface area contributed by atoms with Crippen molar-refractivity contribution >= 4 is 90.4 Å². The van der Waals surface area contributed by atoms with Crippen LogP contribution < -0.4 is 42.4 Å². The first-order valence-corrected chi connectivity index (χ1v) is 27.9. The molecule has 0 spiro atoms. The Morgan fingerprint density at radius 3 is 2.36 bits per heavy atom. The summed E-state index contributed by atoms with van der Waals surface area (Å²) in [6.45, 7) is 6.58. The highest BCUT2D eigenvalue weighted by molar-refractivity contribution is 7.22. The highest BCUT2D eigenvalue weighted by Gasteiger charge is 2.27. The van der Waals surface area contributed by atoms with Crippen LogP contribution in [0.3, 0.4) is 0 Å². The third-order valence-corrected chi connectivity index (χ3v) is 14.5. The van der Waals surface area contributed by atoms with Crippen LogP contribution in [0.2, 0.25) is 0 Å². The molecule has 0 radical (unpaired) electrons. The molecule has 3 unspecified atom stereocenters. The first-order chi connectivity index (χ1) is 38.5. The van der Waals surface area contributed by atoms with Gasteiger partial charge >= 0.3 is 18.1 Å². The van der Waals surface area contributed by atoms with E-state index in [-0.39, 0.29) is 56.5 Å². The molecule has 0 aliphatic carbocycles.